The third kappa shape index (κ3) is 41.3. The number of aliphatic hydroxyl groups is 11. The molecule has 3 aliphatic heterocycles. The molecule has 580 valence electrons. The molecule has 19 heteroatoms. The Kier molecular flexibility index (Phi) is 56.0. The molecular formula is C80H147NO18. The lowest BCUT2D eigenvalue weighted by atomic mass is 9.96. The van der Waals surface area contributed by atoms with Gasteiger partial charge in [-0.15, -0.1) is 0 Å². The molecule has 3 heterocycles. The molecule has 0 aromatic heterocycles. The normalized spacial score (nSPS) is 26.8. The molecular weight excluding hydrogens is 1260 g/mol. The molecule has 3 saturated heterocycles. The first kappa shape index (κ1) is 91.0. The van der Waals surface area contributed by atoms with Gasteiger partial charge in [-0.25, -0.2) is 0 Å². The summed E-state index contributed by atoms with van der Waals surface area (Å²) in [6.45, 7) is 1.75. The minimum absolute atomic E-state index is 0.247. The number of rotatable bonds is 64. The van der Waals surface area contributed by atoms with Crippen LogP contribution in [0.4, 0.5) is 0 Å². The maximum absolute atomic E-state index is 13.4. The van der Waals surface area contributed by atoms with Crippen molar-refractivity contribution in [2.24, 2.45) is 0 Å². The Labute approximate surface area is 599 Å². The van der Waals surface area contributed by atoms with Gasteiger partial charge >= 0.3 is 0 Å². The SMILES string of the molecule is CCCCCCC/C=C\C/C=C\C/C=C\CCCCCCCCCCCCCCCCCCCCCCCCCCC(=O)NC(COC1OC(CO)C(OC2OC(CO)C(OC3OC(CO)C(O)C(O)C3O)C(O)C2O)C(O)C1O)C(O)/C=C/CCCCCCCCCCCCCCC. The second-order valence-corrected chi connectivity index (χ2v) is 28.9. The van der Waals surface area contributed by atoms with Gasteiger partial charge in [-0.1, -0.05) is 306 Å². The maximum Gasteiger partial charge on any atom is 0.220 e. The summed E-state index contributed by atoms with van der Waals surface area (Å²) in [7, 11) is 0. The molecule has 19 nitrogen and oxygen atoms in total. The molecule has 0 radical (unpaired) electrons. The van der Waals surface area contributed by atoms with Crippen LogP contribution in [0.2, 0.25) is 0 Å². The van der Waals surface area contributed by atoms with E-state index in [1.807, 2.05) is 6.08 Å². The van der Waals surface area contributed by atoms with Crippen LogP contribution in [-0.4, -0.2) is 193 Å². The smallest absolute Gasteiger partial charge is 0.220 e. The van der Waals surface area contributed by atoms with Gasteiger partial charge in [-0.2, -0.15) is 0 Å². The van der Waals surface area contributed by atoms with E-state index in [0.717, 1.165) is 57.8 Å². The highest BCUT2D eigenvalue weighted by Gasteiger charge is 2.54. The van der Waals surface area contributed by atoms with E-state index >= 15 is 0 Å². The van der Waals surface area contributed by atoms with Gasteiger partial charge in [0, 0.05) is 6.42 Å². The van der Waals surface area contributed by atoms with Crippen LogP contribution in [0.15, 0.2) is 48.6 Å². The number of hydrogen-bond donors (Lipinski definition) is 12. The van der Waals surface area contributed by atoms with Crippen LogP contribution in [0.1, 0.15) is 322 Å². The number of unbranched alkanes of at least 4 members (excludes halogenated alkanes) is 42. The van der Waals surface area contributed by atoms with E-state index in [-0.39, 0.29) is 18.9 Å². The molecule has 17 unspecified atom stereocenters. The van der Waals surface area contributed by atoms with Gasteiger partial charge in [0.15, 0.2) is 18.9 Å². The van der Waals surface area contributed by atoms with Crippen LogP contribution < -0.4 is 5.32 Å². The molecule has 0 aromatic rings. The fraction of sp³-hybridized carbons (Fsp3) is 0.887. The average molecular weight is 1410 g/mol. The number of carbonyl (C=O) groups is 1. The highest BCUT2D eigenvalue weighted by atomic mass is 16.8. The zero-order chi connectivity index (χ0) is 71.8. The van der Waals surface area contributed by atoms with Gasteiger partial charge in [0.1, 0.15) is 73.2 Å². The Balaban J connectivity index is 1.29. The summed E-state index contributed by atoms with van der Waals surface area (Å²) in [6.07, 6.45) is 49.8. The number of carbonyl (C=O) groups excluding carboxylic acids is 1. The molecule has 3 rings (SSSR count). The number of aliphatic hydroxyl groups excluding tert-OH is 11. The average Bonchev–Trinajstić information content (AvgIpc) is 0.784. The van der Waals surface area contributed by atoms with Crippen LogP contribution in [0.25, 0.3) is 0 Å². The summed E-state index contributed by atoms with van der Waals surface area (Å²) in [5.41, 5.74) is 0. The first-order valence-electron chi connectivity index (χ1n) is 40.4. The summed E-state index contributed by atoms with van der Waals surface area (Å²) in [6, 6.07) is -0.972. The summed E-state index contributed by atoms with van der Waals surface area (Å²) in [5, 5.41) is 121. The number of amides is 1. The summed E-state index contributed by atoms with van der Waals surface area (Å²) in [5.74, 6) is -0.271. The molecule has 1 amide bonds. The molecule has 17 atom stereocenters. The summed E-state index contributed by atoms with van der Waals surface area (Å²) in [4.78, 5) is 13.4. The predicted molar refractivity (Wildman–Crippen MR) is 392 cm³/mol. The van der Waals surface area contributed by atoms with Crippen molar-refractivity contribution in [3.8, 4) is 0 Å². The van der Waals surface area contributed by atoms with Crippen LogP contribution in [0, 0.1) is 0 Å². The molecule has 0 saturated carbocycles. The lowest BCUT2D eigenvalue weighted by molar-refractivity contribution is -0.379. The number of ether oxygens (including phenoxy) is 6. The highest BCUT2D eigenvalue weighted by Crippen LogP contribution is 2.33. The van der Waals surface area contributed by atoms with Crippen LogP contribution >= 0.6 is 0 Å². The van der Waals surface area contributed by atoms with Crippen molar-refractivity contribution in [3.05, 3.63) is 48.6 Å². The van der Waals surface area contributed by atoms with Crippen molar-refractivity contribution in [2.75, 3.05) is 26.4 Å². The zero-order valence-electron chi connectivity index (χ0n) is 62.0. The van der Waals surface area contributed by atoms with Gasteiger partial charge in [-0.05, 0) is 57.8 Å². The Morgan fingerprint density at radius 3 is 1.04 bits per heavy atom. The van der Waals surface area contributed by atoms with Gasteiger partial charge < -0.3 is 89.9 Å². The van der Waals surface area contributed by atoms with E-state index in [2.05, 4.69) is 55.6 Å². The molecule has 3 aliphatic rings. The molecule has 12 N–H and O–H groups in total. The molecule has 0 bridgehead atoms. The van der Waals surface area contributed by atoms with Crippen molar-refractivity contribution in [1.82, 2.24) is 5.32 Å². The van der Waals surface area contributed by atoms with Crippen molar-refractivity contribution in [3.63, 3.8) is 0 Å². The fourth-order valence-corrected chi connectivity index (χ4v) is 13.6. The van der Waals surface area contributed by atoms with E-state index in [1.165, 1.54) is 238 Å². The highest BCUT2D eigenvalue weighted by molar-refractivity contribution is 5.76. The van der Waals surface area contributed by atoms with E-state index in [4.69, 9.17) is 28.4 Å². The lowest BCUT2D eigenvalue weighted by Gasteiger charge is -2.48. The van der Waals surface area contributed by atoms with Crippen LogP contribution in [0.3, 0.4) is 0 Å². The third-order valence-electron chi connectivity index (χ3n) is 20.1. The minimum atomic E-state index is -1.98. The fourth-order valence-electron chi connectivity index (χ4n) is 13.6. The van der Waals surface area contributed by atoms with Gasteiger partial charge in [0.05, 0.1) is 38.6 Å². The van der Waals surface area contributed by atoms with E-state index < -0.39 is 124 Å². The van der Waals surface area contributed by atoms with Gasteiger partial charge in [-0.3, -0.25) is 4.79 Å². The third-order valence-corrected chi connectivity index (χ3v) is 20.1. The van der Waals surface area contributed by atoms with Crippen molar-refractivity contribution in [1.29, 1.82) is 0 Å². The molecule has 0 aromatic carbocycles. The number of hydrogen-bond acceptors (Lipinski definition) is 18. The quantitative estimate of drug-likeness (QED) is 0.0199. The Morgan fingerprint density at radius 1 is 0.364 bits per heavy atom. The van der Waals surface area contributed by atoms with Crippen molar-refractivity contribution in [2.45, 2.75) is 426 Å². The van der Waals surface area contributed by atoms with E-state index in [0.29, 0.717) is 6.42 Å². The summed E-state index contributed by atoms with van der Waals surface area (Å²) >= 11 is 0. The van der Waals surface area contributed by atoms with Gasteiger partial charge in [0.2, 0.25) is 5.91 Å². The second kappa shape index (κ2) is 61.0. The Bertz CT molecular complexity index is 1980. The predicted octanol–water partition coefficient (Wildman–Crippen LogP) is 13.3. The number of nitrogens with one attached hydrogen (secondary N) is 1. The monoisotopic (exact) mass is 1410 g/mol. The zero-order valence-corrected chi connectivity index (χ0v) is 62.0. The molecule has 99 heavy (non-hydrogen) atoms. The second-order valence-electron chi connectivity index (χ2n) is 28.9. The Hall–Kier alpha value is -2.25. The van der Waals surface area contributed by atoms with E-state index in [1.54, 1.807) is 6.08 Å². The summed E-state index contributed by atoms with van der Waals surface area (Å²) < 4.78 is 34.4. The van der Waals surface area contributed by atoms with E-state index in [9.17, 15) is 61.0 Å². The largest absolute Gasteiger partial charge is 0.394 e. The Morgan fingerprint density at radius 2 is 0.667 bits per heavy atom. The minimum Gasteiger partial charge on any atom is -0.394 e. The van der Waals surface area contributed by atoms with Gasteiger partial charge in [0.25, 0.3) is 0 Å². The van der Waals surface area contributed by atoms with Crippen molar-refractivity contribution < 1.29 is 89.4 Å². The molecule has 0 aliphatic carbocycles. The van der Waals surface area contributed by atoms with Crippen LogP contribution in [0.5, 0.6) is 0 Å². The van der Waals surface area contributed by atoms with Crippen LogP contribution in [-0.2, 0) is 33.2 Å². The lowest BCUT2D eigenvalue weighted by Crippen LogP contribution is -2.66. The standard InChI is InChI=1S/C80H147NO18/c1-3-5-7-9-11-13-15-17-19-20-21-22-23-24-25-26-27-28-29-30-31-32-33-34-35-36-37-38-39-40-41-42-44-46-48-50-52-54-56-58-68(86)81-63(64(85)57-55-53-51-49-47-45-43-18-16-14-12-10-8-6-4-2)62-94-78-74(92)71(89)76(66(60-83)96-78)99-80-75(93)72(90)77(67(61-84)97-80)98-79-73(91)70(88)69(87)65(59-82)95-79/h15,17,20-21,23-24,55,57,63-67,69-80,82-85,87-93H,3-14,16,18-19,22,25-54,56,58-62H2,1-2H3,(H,81,86)/b17-15-,21-20-,24-23-,57-55+. The topological polar surface area (TPSA) is 307 Å². The maximum atomic E-state index is 13.4. The number of allylic oxidation sites excluding steroid dienone is 7. The molecule has 3 fully saturated rings. The first-order valence-corrected chi connectivity index (χ1v) is 40.4. The molecule has 0 spiro atoms. The van der Waals surface area contributed by atoms with Crippen molar-refractivity contribution >= 4 is 5.91 Å². The first-order chi connectivity index (χ1) is 48.3.